The molecular formula is C16H12N6O2S2. The molecule has 0 atom stereocenters. The van der Waals surface area contributed by atoms with Crippen molar-refractivity contribution in [2.24, 2.45) is 0 Å². The fraction of sp³-hybridized carbons (Fsp3) is 0. The summed E-state index contributed by atoms with van der Waals surface area (Å²) in [5.74, 6) is 1.23. The van der Waals surface area contributed by atoms with Crippen molar-refractivity contribution in [1.82, 2.24) is 30.4 Å². The van der Waals surface area contributed by atoms with Gasteiger partial charge in [0.05, 0.1) is 11.1 Å². The fourth-order valence-electron chi connectivity index (χ4n) is 2.23. The van der Waals surface area contributed by atoms with Crippen molar-refractivity contribution in [2.45, 2.75) is 10.3 Å². The van der Waals surface area contributed by atoms with Gasteiger partial charge in [0, 0.05) is 0 Å². The zero-order chi connectivity index (χ0) is 17.9. The number of para-hydroxylation sites is 2. The predicted octanol–water partition coefficient (Wildman–Crippen LogP) is 3.47. The minimum absolute atomic E-state index is 0.133. The lowest BCUT2D eigenvalue weighted by Crippen LogP contribution is -1.81. The van der Waals surface area contributed by atoms with Gasteiger partial charge in [0.1, 0.15) is 11.5 Å². The highest BCUT2D eigenvalue weighted by Crippen LogP contribution is 2.36. The highest BCUT2D eigenvalue weighted by Gasteiger charge is 2.13. The van der Waals surface area contributed by atoms with Crippen LogP contribution in [0.25, 0.3) is 22.8 Å². The van der Waals surface area contributed by atoms with E-state index >= 15 is 0 Å². The average molecular weight is 384 g/mol. The van der Waals surface area contributed by atoms with Crippen LogP contribution in [-0.2, 0) is 0 Å². The van der Waals surface area contributed by atoms with Crippen LogP contribution in [0.3, 0.4) is 0 Å². The van der Waals surface area contributed by atoms with E-state index in [1.807, 2.05) is 12.1 Å². The predicted molar refractivity (Wildman–Crippen MR) is 98.7 cm³/mol. The summed E-state index contributed by atoms with van der Waals surface area (Å²) in [6.07, 6.45) is 0. The molecular weight excluding hydrogens is 372 g/mol. The van der Waals surface area contributed by atoms with Crippen LogP contribution in [0.15, 0.2) is 58.8 Å². The van der Waals surface area contributed by atoms with Crippen LogP contribution in [-0.4, -0.2) is 40.6 Å². The highest BCUT2D eigenvalue weighted by molar-refractivity contribution is 8.76. The van der Waals surface area contributed by atoms with Crippen molar-refractivity contribution in [1.29, 1.82) is 0 Å². The molecule has 0 aliphatic heterocycles. The molecule has 26 heavy (non-hydrogen) atoms. The molecule has 2 aromatic heterocycles. The minimum Gasteiger partial charge on any atom is -0.507 e. The molecule has 2 heterocycles. The zero-order valence-electron chi connectivity index (χ0n) is 13.1. The molecule has 4 aromatic rings. The van der Waals surface area contributed by atoms with Crippen LogP contribution < -0.4 is 0 Å². The van der Waals surface area contributed by atoms with E-state index in [0.717, 1.165) is 0 Å². The van der Waals surface area contributed by atoms with Crippen molar-refractivity contribution in [3.05, 3.63) is 48.5 Å². The largest absolute Gasteiger partial charge is 0.507 e. The second-order valence-electron chi connectivity index (χ2n) is 5.13. The maximum Gasteiger partial charge on any atom is 0.219 e. The van der Waals surface area contributed by atoms with Crippen LogP contribution in [0.1, 0.15) is 0 Å². The molecule has 4 rings (SSSR count). The number of benzene rings is 2. The Kier molecular flexibility index (Phi) is 4.50. The summed E-state index contributed by atoms with van der Waals surface area (Å²) in [7, 11) is 2.56. The van der Waals surface area contributed by atoms with E-state index in [4.69, 9.17) is 0 Å². The maximum absolute atomic E-state index is 9.87. The van der Waals surface area contributed by atoms with Crippen LogP contribution >= 0.6 is 21.6 Å². The number of phenols is 2. The number of hydrogen-bond acceptors (Lipinski definition) is 8. The lowest BCUT2D eigenvalue weighted by molar-refractivity contribution is 0.476. The molecule has 0 radical (unpaired) electrons. The Bertz CT molecular complexity index is 965. The van der Waals surface area contributed by atoms with E-state index in [9.17, 15) is 10.2 Å². The molecule has 0 aliphatic rings. The number of aromatic hydroxyl groups is 2. The maximum atomic E-state index is 9.87. The normalized spacial score (nSPS) is 10.9. The Morgan fingerprint density at radius 3 is 1.50 bits per heavy atom. The van der Waals surface area contributed by atoms with Crippen molar-refractivity contribution >= 4 is 21.6 Å². The van der Waals surface area contributed by atoms with E-state index in [2.05, 4.69) is 30.4 Å². The second-order valence-corrected chi connectivity index (χ2v) is 7.20. The van der Waals surface area contributed by atoms with Gasteiger partial charge in [-0.3, -0.25) is 10.2 Å². The van der Waals surface area contributed by atoms with Gasteiger partial charge in [-0.15, -0.1) is 10.2 Å². The van der Waals surface area contributed by atoms with E-state index < -0.39 is 0 Å². The molecule has 0 spiro atoms. The van der Waals surface area contributed by atoms with Crippen molar-refractivity contribution < 1.29 is 10.2 Å². The Labute approximate surface area is 155 Å². The van der Waals surface area contributed by atoms with E-state index in [0.29, 0.717) is 33.1 Å². The number of hydrogen-bond donors (Lipinski definition) is 4. The number of nitrogens with one attached hydrogen (secondary N) is 2. The number of aromatic amines is 2. The standard InChI is InChI=1S/C16H12N6O2S2/c23-11-7-3-1-5-9(11)13-17-15(21-19-13)25-26-16-18-14(20-22-16)10-6-2-4-8-12(10)24/h1-8,23-24H,(H,17,19,21)(H,18,20,22). The summed E-state index contributed by atoms with van der Waals surface area (Å²) >= 11 is 0. The molecule has 0 fully saturated rings. The molecule has 0 saturated heterocycles. The Hall–Kier alpha value is -2.98. The van der Waals surface area contributed by atoms with E-state index in [-0.39, 0.29) is 11.5 Å². The van der Waals surface area contributed by atoms with Gasteiger partial charge in [-0.25, -0.2) is 9.97 Å². The molecule has 0 unspecified atom stereocenters. The van der Waals surface area contributed by atoms with Gasteiger partial charge in [-0.05, 0) is 45.9 Å². The molecule has 2 aromatic carbocycles. The molecule has 4 N–H and O–H groups in total. The molecule has 0 bridgehead atoms. The SMILES string of the molecule is Oc1ccccc1-c1nc(SSc2n[nH]c(-c3ccccc3O)n2)n[nH]1. The zero-order valence-corrected chi connectivity index (χ0v) is 14.8. The topological polar surface area (TPSA) is 124 Å². The third-order valence-corrected chi connectivity index (χ3v) is 5.33. The molecule has 0 saturated carbocycles. The minimum atomic E-state index is 0.133. The number of nitrogens with zero attached hydrogens (tertiary/aromatic N) is 4. The summed E-state index contributed by atoms with van der Waals surface area (Å²) < 4.78 is 0. The van der Waals surface area contributed by atoms with E-state index in [1.165, 1.54) is 21.6 Å². The van der Waals surface area contributed by atoms with Gasteiger partial charge in [-0.1, -0.05) is 24.3 Å². The first-order valence-electron chi connectivity index (χ1n) is 7.47. The first-order valence-corrected chi connectivity index (χ1v) is 9.62. The Morgan fingerprint density at radius 2 is 1.08 bits per heavy atom. The Balaban J connectivity index is 1.46. The number of phenolic OH excluding ortho intramolecular Hbond substituents is 2. The lowest BCUT2D eigenvalue weighted by atomic mass is 10.2. The first kappa shape index (κ1) is 16.5. The van der Waals surface area contributed by atoms with Crippen molar-refractivity contribution in [2.75, 3.05) is 0 Å². The molecule has 8 nitrogen and oxygen atoms in total. The number of aromatic nitrogens is 6. The number of rotatable bonds is 5. The van der Waals surface area contributed by atoms with Crippen molar-refractivity contribution in [3.8, 4) is 34.3 Å². The Morgan fingerprint density at radius 1 is 0.654 bits per heavy atom. The molecule has 130 valence electrons. The summed E-state index contributed by atoms with van der Waals surface area (Å²) in [5.41, 5.74) is 1.16. The average Bonchev–Trinajstić information content (AvgIpc) is 3.30. The van der Waals surface area contributed by atoms with Crippen LogP contribution in [0, 0.1) is 0 Å². The first-order chi connectivity index (χ1) is 12.7. The summed E-state index contributed by atoms with van der Waals surface area (Å²) in [6, 6.07) is 13.8. The highest BCUT2D eigenvalue weighted by atomic mass is 33.1. The molecule has 0 amide bonds. The smallest absolute Gasteiger partial charge is 0.219 e. The quantitative estimate of drug-likeness (QED) is 0.386. The molecule has 0 aliphatic carbocycles. The fourth-order valence-corrected chi connectivity index (χ4v) is 3.70. The van der Waals surface area contributed by atoms with Gasteiger partial charge in [0.25, 0.3) is 0 Å². The van der Waals surface area contributed by atoms with Gasteiger partial charge in [-0.2, -0.15) is 0 Å². The van der Waals surface area contributed by atoms with Crippen LogP contribution in [0.4, 0.5) is 0 Å². The third kappa shape index (κ3) is 3.37. The summed E-state index contributed by atoms with van der Waals surface area (Å²) in [6.45, 7) is 0. The monoisotopic (exact) mass is 384 g/mol. The summed E-state index contributed by atoms with van der Waals surface area (Å²) in [5, 5.41) is 34.6. The second kappa shape index (κ2) is 7.10. The van der Waals surface area contributed by atoms with E-state index in [1.54, 1.807) is 36.4 Å². The van der Waals surface area contributed by atoms with Crippen LogP contribution in [0.2, 0.25) is 0 Å². The summed E-state index contributed by atoms with van der Waals surface area (Å²) in [4.78, 5) is 8.69. The van der Waals surface area contributed by atoms with Crippen molar-refractivity contribution in [3.63, 3.8) is 0 Å². The van der Waals surface area contributed by atoms with Gasteiger partial charge >= 0.3 is 0 Å². The number of H-pyrrole nitrogens is 2. The third-order valence-electron chi connectivity index (χ3n) is 3.44. The van der Waals surface area contributed by atoms with Gasteiger partial charge in [0.15, 0.2) is 11.6 Å². The molecule has 10 heteroatoms. The lowest BCUT2D eigenvalue weighted by Gasteiger charge is -1.98. The van der Waals surface area contributed by atoms with Crippen LogP contribution in [0.5, 0.6) is 11.5 Å². The van der Waals surface area contributed by atoms with Gasteiger partial charge in [0.2, 0.25) is 10.3 Å². The van der Waals surface area contributed by atoms with Gasteiger partial charge < -0.3 is 10.2 Å².